The van der Waals surface area contributed by atoms with Crippen molar-refractivity contribution in [3.05, 3.63) is 35.9 Å². The number of hydrogen-bond donors (Lipinski definition) is 0. The van der Waals surface area contributed by atoms with Crippen LogP contribution in [-0.4, -0.2) is 17.0 Å². The topological polar surface area (TPSA) is 3.01 Å². The van der Waals surface area contributed by atoms with Crippen LogP contribution in [-0.2, 0) is 0 Å². The second kappa shape index (κ2) is 3.15. The summed E-state index contributed by atoms with van der Waals surface area (Å²) in [5.41, 5.74) is 1.46. The van der Waals surface area contributed by atoms with Gasteiger partial charge in [0.05, 0.1) is 6.04 Å². The molecule has 0 aliphatic carbocycles. The molecule has 1 heterocycles. The minimum Gasteiger partial charge on any atom is -0.288 e. The Labute approximate surface area is 80.4 Å². The van der Waals surface area contributed by atoms with Gasteiger partial charge in [-0.05, 0) is 26.3 Å². The molecule has 1 aliphatic heterocycles. The van der Waals surface area contributed by atoms with Crippen LogP contribution < -0.4 is 0 Å². The maximum Gasteiger partial charge on any atom is 0.0507 e. The molecule has 1 saturated heterocycles. The minimum absolute atomic E-state index is 0.667. The summed E-state index contributed by atoms with van der Waals surface area (Å²) in [6.45, 7) is 6.83. The van der Waals surface area contributed by atoms with Gasteiger partial charge in [-0.25, -0.2) is 0 Å². The third kappa shape index (κ3) is 1.49. The molecule has 2 rings (SSSR count). The summed E-state index contributed by atoms with van der Waals surface area (Å²) in [5, 5.41) is 0. The van der Waals surface area contributed by atoms with E-state index >= 15 is 0 Å². The van der Waals surface area contributed by atoms with Gasteiger partial charge in [-0.1, -0.05) is 30.3 Å². The zero-order valence-electron chi connectivity index (χ0n) is 8.57. The Morgan fingerprint density at radius 1 is 1.15 bits per heavy atom. The maximum absolute atomic E-state index is 2.54. The third-order valence-electron chi connectivity index (χ3n) is 2.90. The lowest BCUT2D eigenvalue weighted by Gasteiger charge is -2.06. The second-order valence-electron chi connectivity index (χ2n) is 4.14. The fourth-order valence-electron chi connectivity index (χ4n) is 2.26. The van der Waals surface area contributed by atoms with Crippen LogP contribution in [0.1, 0.15) is 32.4 Å². The lowest BCUT2D eigenvalue weighted by molar-refractivity contribution is 0.404. The Hall–Kier alpha value is -0.820. The fraction of sp³-hybridized carbons (Fsp3) is 0.500. The van der Waals surface area contributed by atoms with Gasteiger partial charge in [0.1, 0.15) is 0 Å². The van der Waals surface area contributed by atoms with Gasteiger partial charge in [0.25, 0.3) is 0 Å². The quantitative estimate of drug-likeness (QED) is 0.625. The largest absolute Gasteiger partial charge is 0.288 e. The molecule has 0 bridgehead atoms. The van der Waals surface area contributed by atoms with E-state index in [9.17, 15) is 0 Å². The van der Waals surface area contributed by atoms with Gasteiger partial charge in [0.2, 0.25) is 0 Å². The highest BCUT2D eigenvalue weighted by Crippen LogP contribution is 2.44. The first-order valence-electron chi connectivity index (χ1n) is 5.04. The number of rotatable bonds is 2. The normalized spacial score (nSPS) is 32.2. The molecule has 0 amide bonds. The molecule has 1 aromatic carbocycles. The van der Waals surface area contributed by atoms with Crippen molar-refractivity contribution in [3.8, 4) is 0 Å². The van der Waals surface area contributed by atoms with Gasteiger partial charge in [0.15, 0.2) is 0 Å². The first-order valence-corrected chi connectivity index (χ1v) is 5.04. The average Bonchev–Trinajstić information content (AvgIpc) is 2.79. The summed E-state index contributed by atoms with van der Waals surface area (Å²) in [6.07, 6.45) is 0. The van der Waals surface area contributed by atoms with Crippen molar-refractivity contribution >= 4 is 0 Å². The zero-order valence-corrected chi connectivity index (χ0v) is 8.57. The molecular formula is C12H17N. The molecule has 1 fully saturated rings. The van der Waals surface area contributed by atoms with E-state index in [0.29, 0.717) is 12.1 Å². The van der Waals surface area contributed by atoms with Crippen molar-refractivity contribution in [2.75, 3.05) is 0 Å². The van der Waals surface area contributed by atoms with Crippen LogP contribution in [0.2, 0.25) is 0 Å². The third-order valence-corrected chi connectivity index (χ3v) is 2.90. The van der Waals surface area contributed by atoms with Crippen molar-refractivity contribution in [2.45, 2.75) is 38.9 Å². The van der Waals surface area contributed by atoms with Gasteiger partial charge in [-0.2, -0.15) is 0 Å². The van der Waals surface area contributed by atoms with E-state index in [2.05, 4.69) is 56.0 Å². The molecule has 0 N–H and O–H groups in total. The van der Waals surface area contributed by atoms with Crippen molar-refractivity contribution in [1.29, 1.82) is 0 Å². The number of hydrogen-bond acceptors (Lipinski definition) is 1. The molecule has 1 heteroatoms. The summed E-state index contributed by atoms with van der Waals surface area (Å²) in [6, 6.07) is 12.8. The van der Waals surface area contributed by atoms with Crippen LogP contribution in [0.25, 0.3) is 0 Å². The second-order valence-corrected chi connectivity index (χ2v) is 4.14. The van der Waals surface area contributed by atoms with E-state index in [4.69, 9.17) is 0 Å². The van der Waals surface area contributed by atoms with Crippen LogP contribution in [0.5, 0.6) is 0 Å². The van der Waals surface area contributed by atoms with E-state index in [1.807, 2.05) is 0 Å². The monoisotopic (exact) mass is 175 g/mol. The van der Waals surface area contributed by atoms with Gasteiger partial charge in [-0.15, -0.1) is 0 Å². The molecule has 1 aliphatic rings. The lowest BCUT2D eigenvalue weighted by atomic mass is 10.1. The number of nitrogens with zero attached hydrogens (tertiary/aromatic N) is 1. The first kappa shape index (κ1) is 8.76. The van der Waals surface area contributed by atoms with Crippen LogP contribution in [0.4, 0.5) is 0 Å². The van der Waals surface area contributed by atoms with E-state index in [1.165, 1.54) is 5.56 Å². The Morgan fingerprint density at radius 2 is 1.77 bits per heavy atom. The lowest BCUT2D eigenvalue weighted by Crippen LogP contribution is -2.10. The molecule has 3 atom stereocenters. The van der Waals surface area contributed by atoms with Crippen LogP contribution in [0, 0.1) is 0 Å². The standard InChI is InChI=1S/C12H17N/c1-9(2)13-10(3)12(13)11-7-5-4-6-8-11/h4-10,12H,1-3H3/t10-,12+,13?/m0/s1. The van der Waals surface area contributed by atoms with E-state index in [1.54, 1.807) is 0 Å². The molecule has 0 aromatic heterocycles. The predicted octanol–water partition coefficient (Wildman–Crippen LogP) is 2.84. The van der Waals surface area contributed by atoms with E-state index < -0.39 is 0 Å². The van der Waals surface area contributed by atoms with Crippen molar-refractivity contribution in [1.82, 2.24) is 4.90 Å². The van der Waals surface area contributed by atoms with Gasteiger partial charge in [-0.3, -0.25) is 4.90 Å². The molecule has 1 unspecified atom stereocenters. The highest BCUT2D eigenvalue weighted by molar-refractivity contribution is 5.26. The molecule has 13 heavy (non-hydrogen) atoms. The van der Waals surface area contributed by atoms with Crippen LogP contribution in [0.15, 0.2) is 30.3 Å². The maximum atomic E-state index is 2.54. The van der Waals surface area contributed by atoms with Crippen molar-refractivity contribution in [2.24, 2.45) is 0 Å². The van der Waals surface area contributed by atoms with Crippen molar-refractivity contribution in [3.63, 3.8) is 0 Å². The highest BCUT2D eigenvalue weighted by Gasteiger charge is 2.45. The van der Waals surface area contributed by atoms with Crippen molar-refractivity contribution < 1.29 is 0 Å². The Bertz CT molecular complexity index is 278. The SMILES string of the molecule is CC(C)N1[C@@H](C)[C@@H]1c1ccccc1. The van der Waals surface area contributed by atoms with Crippen LogP contribution in [0.3, 0.4) is 0 Å². The van der Waals surface area contributed by atoms with E-state index in [0.717, 1.165) is 6.04 Å². The zero-order chi connectivity index (χ0) is 9.42. The van der Waals surface area contributed by atoms with Crippen LogP contribution >= 0.6 is 0 Å². The van der Waals surface area contributed by atoms with Gasteiger partial charge in [0, 0.05) is 12.1 Å². The molecule has 1 aromatic rings. The van der Waals surface area contributed by atoms with E-state index in [-0.39, 0.29) is 0 Å². The molecule has 0 saturated carbocycles. The predicted molar refractivity (Wildman–Crippen MR) is 55.6 cm³/mol. The fourth-order valence-corrected chi connectivity index (χ4v) is 2.26. The molecule has 1 nitrogen and oxygen atoms in total. The first-order chi connectivity index (χ1) is 6.22. The Balaban J connectivity index is 2.14. The smallest absolute Gasteiger partial charge is 0.0507 e. The summed E-state index contributed by atoms with van der Waals surface area (Å²) >= 11 is 0. The molecular weight excluding hydrogens is 158 g/mol. The average molecular weight is 175 g/mol. The summed E-state index contributed by atoms with van der Waals surface area (Å²) in [7, 11) is 0. The molecule has 70 valence electrons. The summed E-state index contributed by atoms with van der Waals surface area (Å²) in [4.78, 5) is 2.54. The highest BCUT2D eigenvalue weighted by atomic mass is 15.4. The van der Waals surface area contributed by atoms with Gasteiger partial charge < -0.3 is 0 Å². The summed E-state index contributed by atoms with van der Waals surface area (Å²) < 4.78 is 0. The Morgan fingerprint density at radius 3 is 2.23 bits per heavy atom. The summed E-state index contributed by atoms with van der Waals surface area (Å²) in [5.74, 6) is 0. The molecule has 0 radical (unpaired) electrons. The minimum atomic E-state index is 0.667. The number of benzene rings is 1. The molecule has 0 spiro atoms. The van der Waals surface area contributed by atoms with Gasteiger partial charge >= 0.3 is 0 Å². The Kier molecular flexibility index (Phi) is 2.12.